The van der Waals surface area contributed by atoms with E-state index in [9.17, 15) is 19.7 Å². The maximum Gasteiger partial charge on any atom is 0.328 e. The van der Waals surface area contributed by atoms with E-state index in [4.69, 9.17) is 9.47 Å². The predicted molar refractivity (Wildman–Crippen MR) is 101 cm³/mol. The zero-order chi connectivity index (χ0) is 20.0. The molecule has 0 radical (unpaired) electrons. The number of rotatable bonds is 7. The van der Waals surface area contributed by atoms with Crippen LogP contribution in [0.15, 0.2) is 46.9 Å². The van der Waals surface area contributed by atoms with Crippen LogP contribution in [0.3, 0.4) is 0 Å². The van der Waals surface area contributed by atoms with Gasteiger partial charge >= 0.3 is 5.97 Å². The van der Waals surface area contributed by atoms with Crippen LogP contribution in [0, 0.1) is 10.1 Å². The maximum atomic E-state index is 12.2. The van der Waals surface area contributed by atoms with E-state index in [1.165, 1.54) is 32.2 Å². The first-order chi connectivity index (χ1) is 12.8. The average molecular weight is 437 g/mol. The first kappa shape index (κ1) is 20.4. The van der Waals surface area contributed by atoms with Crippen LogP contribution in [0.5, 0.6) is 5.75 Å². The van der Waals surface area contributed by atoms with Crippen LogP contribution in [0.2, 0.25) is 0 Å². The van der Waals surface area contributed by atoms with Crippen LogP contribution in [0.25, 0.3) is 0 Å². The van der Waals surface area contributed by atoms with Gasteiger partial charge in [0.1, 0.15) is 18.4 Å². The smallest absolute Gasteiger partial charge is 0.328 e. The molecule has 9 heteroatoms. The first-order valence-electron chi connectivity index (χ1n) is 7.86. The normalized spacial score (nSPS) is 11.4. The van der Waals surface area contributed by atoms with E-state index in [0.29, 0.717) is 11.3 Å². The molecule has 0 aliphatic rings. The number of nitro groups is 1. The standard InChI is InChI=1S/C18H17BrN2O6/c1-11(20-17(22)12-4-3-5-15(9-12)21(24)25)18(23)27-10-13-8-14(19)6-7-16(13)26-2/h3-9,11H,10H2,1-2H3,(H,20,22)/t11-/m0/s1. The average Bonchev–Trinajstić information content (AvgIpc) is 2.66. The highest BCUT2D eigenvalue weighted by Crippen LogP contribution is 2.23. The molecule has 0 saturated heterocycles. The molecule has 0 saturated carbocycles. The number of esters is 1. The van der Waals surface area contributed by atoms with Crippen molar-refractivity contribution in [1.29, 1.82) is 0 Å². The van der Waals surface area contributed by atoms with Gasteiger partial charge in [-0.25, -0.2) is 4.79 Å². The van der Waals surface area contributed by atoms with Crippen molar-refractivity contribution < 1.29 is 24.0 Å². The minimum atomic E-state index is -0.935. The summed E-state index contributed by atoms with van der Waals surface area (Å²) < 4.78 is 11.2. The maximum absolute atomic E-state index is 12.2. The molecule has 0 aromatic heterocycles. The molecule has 0 spiro atoms. The number of hydrogen-bond donors (Lipinski definition) is 1. The van der Waals surface area contributed by atoms with E-state index < -0.39 is 22.8 Å². The van der Waals surface area contributed by atoms with Crippen LogP contribution in [-0.4, -0.2) is 30.0 Å². The van der Waals surface area contributed by atoms with Crippen molar-refractivity contribution in [3.63, 3.8) is 0 Å². The summed E-state index contributed by atoms with van der Waals surface area (Å²) in [5.74, 6) is -0.682. The number of hydrogen-bond acceptors (Lipinski definition) is 6. The number of benzene rings is 2. The number of non-ortho nitro benzene ring substituents is 1. The lowest BCUT2D eigenvalue weighted by atomic mass is 10.2. The van der Waals surface area contributed by atoms with Crippen molar-refractivity contribution in [1.82, 2.24) is 5.32 Å². The highest BCUT2D eigenvalue weighted by atomic mass is 79.9. The van der Waals surface area contributed by atoms with Gasteiger partial charge in [0, 0.05) is 27.7 Å². The molecule has 0 aliphatic carbocycles. The molecule has 0 bridgehead atoms. The van der Waals surface area contributed by atoms with E-state index in [1.807, 2.05) is 0 Å². The third-order valence-electron chi connectivity index (χ3n) is 3.63. The van der Waals surface area contributed by atoms with Crippen molar-refractivity contribution in [3.8, 4) is 5.75 Å². The summed E-state index contributed by atoms with van der Waals surface area (Å²) >= 11 is 3.34. The fourth-order valence-corrected chi connectivity index (χ4v) is 2.64. The molecule has 2 aromatic carbocycles. The van der Waals surface area contributed by atoms with Crippen LogP contribution in [0.1, 0.15) is 22.8 Å². The van der Waals surface area contributed by atoms with E-state index in [-0.39, 0.29) is 17.9 Å². The Bertz CT molecular complexity index is 871. The van der Waals surface area contributed by atoms with Gasteiger partial charge in [-0.3, -0.25) is 14.9 Å². The Hall–Kier alpha value is -2.94. The number of carbonyl (C=O) groups is 2. The highest BCUT2D eigenvalue weighted by Gasteiger charge is 2.20. The van der Waals surface area contributed by atoms with Gasteiger partial charge in [0.15, 0.2) is 0 Å². The minimum Gasteiger partial charge on any atom is -0.496 e. The van der Waals surface area contributed by atoms with Crippen molar-refractivity contribution in [2.24, 2.45) is 0 Å². The molecule has 8 nitrogen and oxygen atoms in total. The molecule has 2 rings (SSSR count). The summed E-state index contributed by atoms with van der Waals surface area (Å²) in [5.41, 5.74) is 0.537. The summed E-state index contributed by atoms with van der Waals surface area (Å²) in [7, 11) is 1.51. The number of ether oxygens (including phenoxy) is 2. The van der Waals surface area contributed by atoms with Gasteiger partial charge in [0.2, 0.25) is 0 Å². The summed E-state index contributed by atoms with van der Waals surface area (Å²) in [6.07, 6.45) is 0. The number of nitro benzene ring substituents is 1. The second-order valence-electron chi connectivity index (χ2n) is 5.57. The van der Waals surface area contributed by atoms with E-state index in [2.05, 4.69) is 21.2 Å². The molecule has 1 amide bonds. The van der Waals surface area contributed by atoms with Gasteiger partial charge in [-0.15, -0.1) is 0 Å². The van der Waals surface area contributed by atoms with Gasteiger partial charge in [-0.1, -0.05) is 22.0 Å². The Balaban J connectivity index is 1.97. The zero-order valence-electron chi connectivity index (χ0n) is 14.6. The lowest BCUT2D eigenvalue weighted by molar-refractivity contribution is -0.384. The topological polar surface area (TPSA) is 108 Å². The Morgan fingerprint density at radius 3 is 2.67 bits per heavy atom. The van der Waals surface area contributed by atoms with Gasteiger partial charge in [0.05, 0.1) is 12.0 Å². The fourth-order valence-electron chi connectivity index (χ4n) is 2.23. The molecule has 1 N–H and O–H groups in total. The molecular formula is C18H17BrN2O6. The van der Waals surface area contributed by atoms with Crippen LogP contribution in [0.4, 0.5) is 5.69 Å². The van der Waals surface area contributed by atoms with Crippen LogP contribution >= 0.6 is 15.9 Å². The SMILES string of the molecule is COc1ccc(Br)cc1COC(=O)[C@H](C)NC(=O)c1cccc([N+](=O)[O-])c1. The minimum absolute atomic E-state index is 0.0293. The Morgan fingerprint density at radius 1 is 1.26 bits per heavy atom. The van der Waals surface area contributed by atoms with Gasteiger partial charge in [-0.2, -0.15) is 0 Å². The monoisotopic (exact) mass is 436 g/mol. The van der Waals surface area contributed by atoms with E-state index in [1.54, 1.807) is 18.2 Å². The molecule has 0 heterocycles. The lowest BCUT2D eigenvalue weighted by Crippen LogP contribution is -2.39. The summed E-state index contributed by atoms with van der Waals surface area (Å²) in [4.78, 5) is 34.5. The Kier molecular flexibility index (Phi) is 6.89. The van der Waals surface area contributed by atoms with E-state index >= 15 is 0 Å². The van der Waals surface area contributed by atoms with Crippen LogP contribution in [-0.2, 0) is 16.1 Å². The van der Waals surface area contributed by atoms with Crippen molar-refractivity contribution in [2.75, 3.05) is 7.11 Å². The Morgan fingerprint density at radius 2 is 2.00 bits per heavy atom. The molecule has 27 heavy (non-hydrogen) atoms. The largest absolute Gasteiger partial charge is 0.496 e. The summed E-state index contributed by atoms with van der Waals surface area (Å²) in [6.45, 7) is 1.44. The number of amides is 1. The molecule has 1 atom stereocenters. The van der Waals surface area contributed by atoms with Gasteiger partial charge in [0.25, 0.3) is 11.6 Å². The second kappa shape index (κ2) is 9.13. The summed E-state index contributed by atoms with van der Waals surface area (Å²) in [5, 5.41) is 13.3. The lowest BCUT2D eigenvalue weighted by Gasteiger charge is -2.15. The molecular weight excluding hydrogens is 420 g/mol. The third kappa shape index (κ3) is 5.52. The highest BCUT2D eigenvalue weighted by molar-refractivity contribution is 9.10. The zero-order valence-corrected chi connectivity index (χ0v) is 16.2. The first-order valence-corrected chi connectivity index (χ1v) is 8.65. The molecule has 142 valence electrons. The number of carbonyl (C=O) groups excluding carboxylic acids is 2. The second-order valence-corrected chi connectivity index (χ2v) is 6.48. The molecule has 0 aliphatic heterocycles. The predicted octanol–water partition coefficient (Wildman–Crippen LogP) is 3.23. The van der Waals surface area contributed by atoms with Crippen LogP contribution < -0.4 is 10.1 Å². The van der Waals surface area contributed by atoms with Gasteiger partial charge in [-0.05, 0) is 31.2 Å². The van der Waals surface area contributed by atoms with Crippen molar-refractivity contribution >= 4 is 33.5 Å². The van der Waals surface area contributed by atoms with Gasteiger partial charge < -0.3 is 14.8 Å². The molecule has 2 aromatic rings. The number of nitrogens with one attached hydrogen (secondary N) is 1. The number of nitrogens with zero attached hydrogens (tertiary/aromatic N) is 1. The summed E-state index contributed by atoms with van der Waals surface area (Å²) in [6, 6.07) is 9.60. The van der Waals surface area contributed by atoms with Crippen molar-refractivity contribution in [2.45, 2.75) is 19.6 Å². The Labute approximate surface area is 163 Å². The van der Waals surface area contributed by atoms with E-state index in [0.717, 1.165) is 10.5 Å². The number of halogens is 1. The van der Waals surface area contributed by atoms with Crippen molar-refractivity contribution in [3.05, 3.63) is 68.2 Å². The third-order valence-corrected chi connectivity index (χ3v) is 4.13. The molecule has 0 fully saturated rings. The fraction of sp³-hybridized carbons (Fsp3) is 0.222. The number of methoxy groups -OCH3 is 1. The molecule has 0 unspecified atom stereocenters. The quantitative estimate of drug-likeness (QED) is 0.405.